The zero-order valence-electron chi connectivity index (χ0n) is 18.1. The molecule has 0 aliphatic heterocycles. The Bertz CT molecular complexity index is 956. The molecular formula is C23H25F3N2O5. The third kappa shape index (κ3) is 9.24. The summed E-state index contributed by atoms with van der Waals surface area (Å²) in [7, 11) is 0. The maximum atomic E-state index is 12.6. The largest absolute Gasteiger partial charge is 0.573 e. The van der Waals surface area contributed by atoms with Crippen LogP contribution in [0.1, 0.15) is 29.8 Å². The van der Waals surface area contributed by atoms with E-state index in [1.807, 2.05) is 13.8 Å². The van der Waals surface area contributed by atoms with E-state index in [-0.39, 0.29) is 24.4 Å². The van der Waals surface area contributed by atoms with Crippen LogP contribution in [0.3, 0.4) is 0 Å². The van der Waals surface area contributed by atoms with Crippen molar-refractivity contribution >= 4 is 17.9 Å². The second-order valence-corrected chi connectivity index (χ2v) is 7.34. The number of benzene rings is 2. The lowest BCUT2D eigenvalue weighted by atomic mass is 10.1. The first-order chi connectivity index (χ1) is 15.6. The lowest BCUT2D eigenvalue weighted by molar-refractivity contribution is -0.274. The number of alkyl halides is 3. The van der Waals surface area contributed by atoms with Gasteiger partial charge in [-0.25, -0.2) is 0 Å². The zero-order chi connectivity index (χ0) is 24.4. The van der Waals surface area contributed by atoms with Crippen LogP contribution in [-0.2, 0) is 4.79 Å². The van der Waals surface area contributed by atoms with Crippen molar-refractivity contribution in [2.45, 2.75) is 20.2 Å². The second kappa shape index (κ2) is 11.9. The van der Waals surface area contributed by atoms with Crippen molar-refractivity contribution in [2.75, 3.05) is 19.8 Å². The van der Waals surface area contributed by atoms with Gasteiger partial charge in [-0.15, -0.1) is 13.2 Å². The molecule has 2 aromatic rings. The number of amides is 2. The van der Waals surface area contributed by atoms with E-state index in [9.17, 15) is 22.8 Å². The first-order valence-corrected chi connectivity index (χ1v) is 10.1. The van der Waals surface area contributed by atoms with Crippen LogP contribution in [0, 0.1) is 5.92 Å². The van der Waals surface area contributed by atoms with E-state index in [0.29, 0.717) is 23.8 Å². The van der Waals surface area contributed by atoms with E-state index in [2.05, 4.69) is 15.4 Å². The third-order valence-electron chi connectivity index (χ3n) is 4.01. The summed E-state index contributed by atoms with van der Waals surface area (Å²) in [6.07, 6.45) is -3.53. The molecule has 10 heteroatoms. The summed E-state index contributed by atoms with van der Waals surface area (Å²) in [5.41, 5.74) is 0.455. The van der Waals surface area contributed by atoms with Gasteiger partial charge >= 0.3 is 6.36 Å². The molecule has 2 rings (SSSR count). The first kappa shape index (κ1) is 25.7. The van der Waals surface area contributed by atoms with Crippen molar-refractivity contribution in [1.29, 1.82) is 0 Å². The first-order valence-electron chi connectivity index (χ1n) is 10.1. The number of carbonyl (C=O) groups excluding carboxylic acids is 2. The Morgan fingerprint density at radius 2 is 1.64 bits per heavy atom. The molecule has 0 spiro atoms. The van der Waals surface area contributed by atoms with Crippen LogP contribution in [0.5, 0.6) is 11.5 Å². The number of hydrogen-bond acceptors (Lipinski definition) is 5. The van der Waals surface area contributed by atoms with Crippen molar-refractivity contribution in [1.82, 2.24) is 10.6 Å². The Morgan fingerprint density at radius 3 is 2.18 bits per heavy atom. The van der Waals surface area contributed by atoms with Crippen LogP contribution < -0.4 is 20.1 Å². The van der Waals surface area contributed by atoms with Gasteiger partial charge < -0.3 is 25.2 Å². The number of nitrogens with one attached hydrogen (secondary N) is 2. The van der Waals surface area contributed by atoms with Gasteiger partial charge in [0.2, 0.25) is 0 Å². The Balaban J connectivity index is 2.18. The van der Waals surface area contributed by atoms with Crippen LogP contribution in [0.4, 0.5) is 13.2 Å². The van der Waals surface area contributed by atoms with E-state index in [0.717, 1.165) is 12.1 Å². The van der Waals surface area contributed by atoms with Gasteiger partial charge in [0.05, 0.1) is 13.2 Å². The summed E-state index contributed by atoms with van der Waals surface area (Å²) < 4.78 is 46.4. The molecule has 2 aromatic carbocycles. The highest BCUT2D eigenvalue weighted by molar-refractivity contribution is 6.05. The molecule has 0 saturated carbocycles. The second-order valence-electron chi connectivity index (χ2n) is 7.34. The molecule has 2 amide bonds. The maximum Gasteiger partial charge on any atom is 0.573 e. The van der Waals surface area contributed by atoms with Crippen LogP contribution in [0.25, 0.3) is 6.08 Å². The Labute approximate surface area is 189 Å². The number of ether oxygens (including phenoxy) is 2. The zero-order valence-corrected chi connectivity index (χ0v) is 18.1. The average molecular weight is 466 g/mol. The van der Waals surface area contributed by atoms with E-state index < -0.39 is 23.9 Å². The van der Waals surface area contributed by atoms with Crippen molar-refractivity contribution in [3.05, 3.63) is 65.4 Å². The molecule has 3 N–H and O–H groups in total. The molecule has 178 valence electrons. The van der Waals surface area contributed by atoms with Gasteiger partial charge in [0.15, 0.2) is 0 Å². The summed E-state index contributed by atoms with van der Waals surface area (Å²) >= 11 is 0. The molecule has 0 unspecified atom stereocenters. The Hall–Kier alpha value is -3.53. The van der Waals surface area contributed by atoms with Crippen LogP contribution in [-0.4, -0.2) is 43.0 Å². The van der Waals surface area contributed by atoms with Crippen molar-refractivity contribution in [3.8, 4) is 11.5 Å². The predicted molar refractivity (Wildman–Crippen MR) is 115 cm³/mol. The third-order valence-corrected chi connectivity index (χ3v) is 4.01. The molecule has 7 nitrogen and oxygen atoms in total. The lowest BCUT2D eigenvalue weighted by Gasteiger charge is -2.12. The number of aliphatic hydroxyl groups is 1. The number of aliphatic hydroxyl groups excluding tert-OH is 1. The molecule has 0 bridgehead atoms. The summed E-state index contributed by atoms with van der Waals surface area (Å²) in [6.45, 7) is 4.18. The lowest BCUT2D eigenvalue weighted by Crippen LogP contribution is -2.36. The highest BCUT2D eigenvalue weighted by Crippen LogP contribution is 2.23. The Morgan fingerprint density at radius 1 is 1.03 bits per heavy atom. The summed E-state index contributed by atoms with van der Waals surface area (Å²) in [4.78, 5) is 25.1. The average Bonchev–Trinajstić information content (AvgIpc) is 2.76. The van der Waals surface area contributed by atoms with E-state index in [4.69, 9.17) is 9.84 Å². The minimum absolute atomic E-state index is 0.0493. The van der Waals surface area contributed by atoms with Gasteiger partial charge in [0.25, 0.3) is 11.8 Å². The molecule has 0 fully saturated rings. The molecule has 0 aliphatic rings. The minimum atomic E-state index is -4.82. The highest BCUT2D eigenvalue weighted by atomic mass is 19.4. The molecule has 0 saturated heterocycles. The highest BCUT2D eigenvalue weighted by Gasteiger charge is 2.30. The van der Waals surface area contributed by atoms with Crippen LogP contribution in [0.15, 0.2) is 54.2 Å². The van der Waals surface area contributed by atoms with E-state index in [1.165, 1.54) is 30.3 Å². The summed E-state index contributed by atoms with van der Waals surface area (Å²) in [5.74, 6) is -0.738. The Kier molecular flexibility index (Phi) is 9.29. The smallest absolute Gasteiger partial charge is 0.493 e. The standard InChI is InChI=1S/C23H25F3N2O5/c1-15(2)14-32-18-9-5-17(6-10-18)21(30)28-20(22(31)27-11-12-29)13-16-3-7-19(8-4-16)33-23(24,25)26/h3-10,13,15,29H,11-12,14H2,1-2H3,(H,27,31)(H,28,30). The number of rotatable bonds is 10. The number of carbonyl (C=O) groups is 2. The van der Waals surface area contributed by atoms with Gasteiger partial charge in [-0.1, -0.05) is 26.0 Å². The fourth-order valence-electron chi connectivity index (χ4n) is 2.52. The normalized spacial score (nSPS) is 11.8. The van der Waals surface area contributed by atoms with Crippen molar-refractivity contribution < 1.29 is 37.3 Å². The van der Waals surface area contributed by atoms with Crippen LogP contribution >= 0.6 is 0 Å². The summed E-state index contributed by atoms with van der Waals surface area (Å²) in [6, 6.07) is 11.1. The molecule has 0 heterocycles. The van der Waals surface area contributed by atoms with Gasteiger partial charge in [-0.2, -0.15) is 0 Å². The molecule has 0 aromatic heterocycles. The SMILES string of the molecule is CC(C)COc1ccc(C(=O)NC(=Cc2ccc(OC(F)(F)F)cc2)C(=O)NCCO)cc1. The molecule has 0 aliphatic carbocycles. The number of halogens is 3. The van der Waals surface area contributed by atoms with Crippen LogP contribution in [0.2, 0.25) is 0 Å². The number of hydrogen-bond donors (Lipinski definition) is 3. The molecule has 0 atom stereocenters. The van der Waals surface area contributed by atoms with Gasteiger partial charge in [0, 0.05) is 12.1 Å². The van der Waals surface area contributed by atoms with Gasteiger partial charge in [0.1, 0.15) is 17.2 Å². The minimum Gasteiger partial charge on any atom is -0.493 e. The molecule has 0 radical (unpaired) electrons. The maximum absolute atomic E-state index is 12.6. The summed E-state index contributed by atoms with van der Waals surface area (Å²) in [5, 5.41) is 13.8. The van der Waals surface area contributed by atoms with Gasteiger partial charge in [-0.3, -0.25) is 9.59 Å². The molecule has 33 heavy (non-hydrogen) atoms. The fraction of sp³-hybridized carbons (Fsp3) is 0.304. The quantitative estimate of drug-likeness (QED) is 0.466. The van der Waals surface area contributed by atoms with E-state index >= 15 is 0 Å². The monoisotopic (exact) mass is 466 g/mol. The van der Waals surface area contributed by atoms with E-state index in [1.54, 1.807) is 12.1 Å². The predicted octanol–water partition coefficient (Wildman–Crippen LogP) is 3.50. The molecular weight excluding hydrogens is 441 g/mol. The topological polar surface area (TPSA) is 96.9 Å². The van der Waals surface area contributed by atoms with Crippen molar-refractivity contribution in [2.24, 2.45) is 5.92 Å². The fourth-order valence-corrected chi connectivity index (χ4v) is 2.52. The van der Waals surface area contributed by atoms with Crippen molar-refractivity contribution in [3.63, 3.8) is 0 Å². The van der Waals surface area contributed by atoms with Gasteiger partial charge in [-0.05, 0) is 54.0 Å².